The normalized spacial score (nSPS) is 11.6. The quantitative estimate of drug-likeness (QED) is 0.789. The van der Waals surface area contributed by atoms with Crippen molar-refractivity contribution in [3.63, 3.8) is 0 Å². The maximum atomic E-state index is 10.2. The second-order valence-electron chi connectivity index (χ2n) is 4.97. The van der Waals surface area contributed by atoms with Gasteiger partial charge in [0.2, 0.25) is 0 Å². The van der Waals surface area contributed by atoms with Crippen molar-refractivity contribution < 1.29 is 15.0 Å². The second kappa shape index (κ2) is 10.1. The number of carbonyl (C=O) groups is 1. The lowest BCUT2D eigenvalue weighted by molar-refractivity contribution is 0.0697. The van der Waals surface area contributed by atoms with Crippen LogP contribution in [-0.4, -0.2) is 34.3 Å². The van der Waals surface area contributed by atoms with E-state index >= 15 is 0 Å². The number of pyridine rings is 1. The molecule has 1 atom stereocenters. The van der Waals surface area contributed by atoms with Crippen LogP contribution in [0.3, 0.4) is 0 Å². The summed E-state index contributed by atoms with van der Waals surface area (Å²) in [6.45, 7) is 2.16. The first-order valence-corrected chi connectivity index (χ1v) is 7.29. The van der Waals surface area contributed by atoms with E-state index in [0.717, 1.165) is 12.0 Å². The standard InChI is InChI=1S/C11H16N2.C7H6O3/c1-10(12-2)5-3-6-11-7-4-8-13-9-11;8-6-3-1-5(2-4-6)7(9)10/h3-4,6-10,12H,5H2,1-2H3;1-4,8H,(H,9,10)/b6-3+;/t10-;/m0./s1. The molecule has 0 aliphatic carbocycles. The van der Waals surface area contributed by atoms with Gasteiger partial charge in [-0.1, -0.05) is 18.2 Å². The highest BCUT2D eigenvalue weighted by atomic mass is 16.4. The van der Waals surface area contributed by atoms with Crippen LogP contribution >= 0.6 is 0 Å². The lowest BCUT2D eigenvalue weighted by atomic mass is 10.2. The average molecular weight is 314 g/mol. The fourth-order valence-corrected chi connectivity index (χ4v) is 1.60. The molecular weight excluding hydrogens is 292 g/mol. The monoisotopic (exact) mass is 314 g/mol. The summed E-state index contributed by atoms with van der Waals surface area (Å²) in [5.41, 5.74) is 1.34. The van der Waals surface area contributed by atoms with E-state index in [4.69, 9.17) is 10.2 Å². The molecule has 0 bridgehead atoms. The van der Waals surface area contributed by atoms with Gasteiger partial charge in [0.05, 0.1) is 5.56 Å². The zero-order valence-corrected chi connectivity index (χ0v) is 13.3. The number of phenolic OH excluding ortho intramolecular Hbond substituents is 1. The second-order valence-corrected chi connectivity index (χ2v) is 4.97. The van der Waals surface area contributed by atoms with Gasteiger partial charge in [0.25, 0.3) is 0 Å². The molecule has 0 spiro atoms. The van der Waals surface area contributed by atoms with Crippen LogP contribution < -0.4 is 5.32 Å². The van der Waals surface area contributed by atoms with E-state index in [2.05, 4.69) is 29.4 Å². The van der Waals surface area contributed by atoms with Gasteiger partial charge >= 0.3 is 5.97 Å². The van der Waals surface area contributed by atoms with E-state index in [1.54, 1.807) is 6.20 Å². The number of hydrogen-bond acceptors (Lipinski definition) is 4. The van der Waals surface area contributed by atoms with Crippen LogP contribution in [0.25, 0.3) is 6.08 Å². The van der Waals surface area contributed by atoms with Gasteiger partial charge in [-0.25, -0.2) is 4.79 Å². The van der Waals surface area contributed by atoms with Crippen molar-refractivity contribution in [3.05, 3.63) is 66.0 Å². The Morgan fingerprint density at radius 1 is 1.30 bits per heavy atom. The summed E-state index contributed by atoms with van der Waals surface area (Å²) in [5.74, 6) is -0.912. The molecule has 2 rings (SSSR count). The van der Waals surface area contributed by atoms with Crippen LogP contribution in [0.4, 0.5) is 0 Å². The number of aromatic hydroxyl groups is 1. The van der Waals surface area contributed by atoms with Crippen LogP contribution in [0.5, 0.6) is 5.75 Å². The summed E-state index contributed by atoms with van der Waals surface area (Å²) in [4.78, 5) is 14.3. The third-order valence-corrected chi connectivity index (χ3v) is 3.09. The summed E-state index contributed by atoms with van der Waals surface area (Å²) in [6.07, 6.45) is 8.96. The van der Waals surface area contributed by atoms with E-state index in [1.165, 1.54) is 24.3 Å². The van der Waals surface area contributed by atoms with Gasteiger partial charge in [0.1, 0.15) is 5.75 Å². The van der Waals surface area contributed by atoms with Gasteiger partial charge in [0, 0.05) is 18.4 Å². The number of hydrogen-bond donors (Lipinski definition) is 3. The number of carboxylic acid groups (broad SMARTS) is 1. The van der Waals surface area contributed by atoms with Gasteiger partial charge in [0.15, 0.2) is 0 Å². The Morgan fingerprint density at radius 3 is 2.52 bits per heavy atom. The first-order chi connectivity index (χ1) is 11.0. The molecular formula is C18H22N2O3. The molecule has 0 saturated heterocycles. The summed E-state index contributed by atoms with van der Waals surface area (Å²) in [6, 6.07) is 9.89. The molecule has 0 unspecified atom stereocenters. The number of rotatable bonds is 5. The molecule has 5 heteroatoms. The highest BCUT2D eigenvalue weighted by molar-refractivity contribution is 5.87. The first-order valence-electron chi connectivity index (χ1n) is 7.29. The first kappa shape index (κ1) is 18.4. The highest BCUT2D eigenvalue weighted by Gasteiger charge is 1.99. The Kier molecular flexibility index (Phi) is 8.10. The zero-order chi connectivity index (χ0) is 17.1. The molecule has 23 heavy (non-hydrogen) atoms. The SMILES string of the molecule is CN[C@@H](C)C/C=C/c1cccnc1.O=C(O)c1ccc(O)cc1. The number of benzene rings is 1. The van der Waals surface area contributed by atoms with E-state index in [-0.39, 0.29) is 11.3 Å². The fraction of sp³-hybridized carbons (Fsp3) is 0.222. The molecule has 5 nitrogen and oxygen atoms in total. The minimum absolute atomic E-state index is 0.0741. The minimum atomic E-state index is -0.986. The third-order valence-electron chi connectivity index (χ3n) is 3.09. The molecule has 1 heterocycles. The maximum Gasteiger partial charge on any atom is 0.335 e. The van der Waals surface area contributed by atoms with E-state index < -0.39 is 5.97 Å². The van der Waals surface area contributed by atoms with Gasteiger partial charge in [-0.2, -0.15) is 0 Å². The van der Waals surface area contributed by atoms with Crippen molar-refractivity contribution >= 4 is 12.0 Å². The largest absolute Gasteiger partial charge is 0.508 e. The van der Waals surface area contributed by atoms with Gasteiger partial charge < -0.3 is 15.5 Å². The van der Waals surface area contributed by atoms with Crippen molar-refractivity contribution in [2.75, 3.05) is 7.05 Å². The van der Waals surface area contributed by atoms with Gasteiger partial charge in [-0.3, -0.25) is 4.98 Å². The van der Waals surface area contributed by atoms with Crippen molar-refractivity contribution in [2.24, 2.45) is 0 Å². The number of phenols is 1. The Balaban J connectivity index is 0.000000238. The predicted octanol–water partition coefficient (Wildman–Crippen LogP) is 3.18. The number of aromatic carboxylic acids is 1. The lowest BCUT2D eigenvalue weighted by Gasteiger charge is -2.04. The number of aromatic nitrogens is 1. The van der Waals surface area contributed by atoms with Crippen LogP contribution in [0.15, 0.2) is 54.9 Å². The molecule has 2 aromatic rings. The smallest absolute Gasteiger partial charge is 0.335 e. The summed E-state index contributed by atoms with van der Waals surface area (Å²) >= 11 is 0. The topological polar surface area (TPSA) is 82.5 Å². The van der Waals surface area contributed by atoms with Crippen LogP contribution in [0.2, 0.25) is 0 Å². The molecule has 0 radical (unpaired) electrons. The van der Waals surface area contributed by atoms with Gasteiger partial charge in [-0.15, -0.1) is 0 Å². The van der Waals surface area contributed by atoms with Crippen LogP contribution in [0.1, 0.15) is 29.3 Å². The summed E-state index contributed by atoms with van der Waals surface area (Å²) < 4.78 is 0. The summed E-state index contributed by atoms with van der Waals surface area (Å²) in [7, 11) is 1.97. The van der Waals surface area contributed by atoms with Gasteiger partial charge in [-0.05, 0) is 56.3 Å². The van der Waals surface area contributed by atoms with Crippen molar-refractivity contribution in [3.8, 4) is 5.75 Å². The predicted molar refractivity (Wildman–Crippen MR) is 91.5 cm³/mol. The molecule has 0 saturated carbocycles. The van der Waals surface area contributed by atoms with E-state index in [1.807, 2.05) is 25.4 Å². The number of nitrogens with one attached hydrogen (secondary N) is 1. The molecule has 0 aliphatic heterocycles. The molecule has 122 valence electrons. The van der Waals surface area contributed by atoms with Crippen molar-refractivity contribution in [1.82, 2.24) is 10.3 Å². The molecule has 0 fully saturated rings. The average Bonchev–Trinajstić information content (AvgIpc) is 2.56. The van der Waals surface area contributed by atoms with Crippen molar-refractivity contribution in [1.29, 1.82) is 0 Å². The molecule has 1 aromatic carbocycles. The fourth-order valence-electron chi connectivity index (χ4n) is 1.60. The van der Waals surface area contributed by atoms with Crippen LogP contribution in [-0.2, 0) is 0 Å². The number of nitrogens with zero attached hydrogens (tertiary/aromatic N) is 1. The number of carboxylic acids is 1. The Labute approximate surface area is 136 Å². The molecule has 3 N–H and O–H groups in total. The van der Waals surface area contributed by atoms with Crippen LogP contribution in [0, 0.1) is 0 Å². The molecule has 0 amide bonds. The van der Waals surface area contributed by atoms with E-state index in [0.29, 0.717) is 6.04 Å². The zero-order valence-electron chi connectivity index (χ0n) is 13.3. The van der Waals surface area contributed by atoms with Crippen molar-refractivity contribution in [2.45, 2.75) is 19.4 Å². The molecule has 0 aliphatic rings. The van der Waals surface area contributed by atoms with E-state index in [9.17, 15) is 4.79 Å². The Bertz CT molecular complexity index is 610. The third kappa shape index (κ3) is 7.78. The highest BCUT2D eigenvalue weighted by Crippen LogP contribution is 2.08. The lowest BCUT2D eigenvalue weighted by Crippen LogP contribution is -2.19. The Hall–Kier alpha value is -2.66. The summed E-state index contributed by atoms with van der Waals surface area (Å²) in [5, 5.41) is 20.3. The maximum absolute atomic E-state index is 10.2. The minimum Gasteiger partial charge on any atom is -0.508 e. The molecule has 1 aromatic heterocycles. The Morgan fingerprint density at radius 2 is 2.00 bits per heavy atom.